The zero-order valence-corrected chi connectivity index (χ0v) is 16.2. The number of rotatable bonds is 7. The van der Waals surface area contributed by atoms with Crippen molar-refractivity contribution in [3.05, 3.63) is 109 Å². The lowest BCUT2D eigenvalue weighted by Crippen LogP contribution is -2.25. The molecule has 1 heterocycles. The Kier molecular flexibility index (Phi) is 6.29. The molecule has 0 aliphatic heterocycles. The van der Waals surface area contributed by atoms with Gasteiger partial charge in [-0.1, -0.05) is 49.6 Å². The van der Waals surface area contributed by atoms with Crippen molar-refractivity contribution in [1.82, 2.24) is 10.3 Å². The van der Waals surface area contributed by atoms with Gasteiger partial charge in [-0.3, -0.25) is 9.78 Å². The molecule has 0 unspecified atom stereocenters. The summed E-state index contributed by atoms with van der Waals surface area (Å²) in [5.74, 6) is 0.552. The molecule has 0 spiro atoms. The second kappa shape index (κ2) is 9.06. The summed E-state index contributed by atoms with van der Waals surface area (Å²) in [6.07, 6.45) is 4.98. The van der Waals surface area contributed by atoms with Crippen molar-refractivity contribution in [2.75, 3.05) is 0 Å². The van der Waals surface area contributed by atoms with E-state index < -0.39 is 0 Å². The number of fused-ring (bicyclic) bond motifs is 1. The molecule has 0 radical (unpaired) electrons. The smallest absolute Gasteiger partial charge is 0.255 e. The van der Waals surface area contributed by atoms with Crippen LogP contribution < -0.4 is 11.1 Å². The standard InChI is InChI=1S/C23H21N3OS/c1-3-6-20(16(2)24)26-23(27)19-12-10-17(11-13-19)15-28-21-9-4-7-18-8-5-14-25-22(18)21/h3-14H,1-2,15,24H2,(H,26,27)/b20-6+. The van der Waals surface area contributed by atoms with E-state index in [0.717, 1.165) is 27.1 Å². The van der Waals surface area contributed by atoms with E-state index in [2.05, 4.69) is 41.7 Å². The van der Waals surface area contributed by atoms with Gasteiger partial charge in [0.2, 0.25) is 0 Å². The van der Waals surface area contributed by atoms with Gasteiger partial charge in [-0.25, -0.2) is 0 Å². The molecule has 0 aliphatic carbocycles. The number of nitrogens with two attached hydrogens (primary N) is 1. The number of hydrogen-bond donors (Lipinski definition) is 2. The predicted molar refractivity (Wildman–Crippen MR) is 117 cm³/mol. The van der Waals surface area contributed by atoms with Crippen LogP contribution in [0.2, 0.25) is 0 Å². The first kappa shape index (κ1) is 19.5. The summed E-state index contributed by atoms with van der Waals surface area (Å²) in [7, 11) is 0. The molecule has 0 atom stereocenters. The molecule has 4 nitrogen and oxygen atoms in total. The van der Waals surface area contributed by atoms with E-state index in [1.165, 1.54) is 0 Å². The number of nitrogens with zero attached hydrogens (tertiary/aromatic N) is 1. The highest BCUT2D eigenvalue weighted by atomic mass is 32.2. The molecule has 0 aliphatic rings. The molecule has 0 saturated carbocycles. The Bertz CT molecular complexity index is 1050. The molecule has 1 aromatic heterocycles. The van der Waals surface area contributed by atoms with E-state index in [0.29, 0.717) is 11.3 Å². The van der Waals surface area contributed by atoms with Crippen molar-refractivity contribution in [2.24, 2.45) is 5.73 Å². The summed E-state index contributed by atoms with van der Waals surface area (Å²) in [6.45, 7) is 7.26. The molecule has 3 N–H and O–H groups in total. The summed E-state index contributed by atoms with van der Waals surface area (Å²) >= 11 is 1.73. The molecule has 5 heteroatoms. The highest BCUT2D eigenvalue weighted by Gasteiger charge is 2.09. The van der Waals surface area contributed by atoms with Gasteiger partial charge < -0.3 is 11.1 Å². The van der Waals surface area contributed by atoms with Crippen LogP contribution in [-0.4, -0.2) is 10.9 Å². The Balaban J connectivity index is 1.67. The lowest BCUT2D eigenvalue weighted by Gasteiger charge is -2.10. The van der Waals surface area contributed by atoms with Gasteiger partial charge in [-0.05, 0) is 35.9 Å². The molecule has 1 amide bonds. The van der Waals surface area contributed by atoms with Crippen LogP contribution in [0.5, 0.6) is 0 Å². The monoisotopic (exact) mass is 387 g/mol. The summed E-state index contributed by atoms with van der Waals surface area (Å²) in [4.78, 5) is 18.0. The summed E-state index contributed by atoms with van der Waals surface area (Å²) < 4.78 is 0. The van der Waals surface area contributed by atoms with Crippen LogP contribution in [0.4, 0.5) is 0 Å². The first-order valence-electron chi connectivity index (χ1n) is 8.73. The fourth-order valence-electron chi connectivity index (χ4n) is 2.65. The van der Waals surface area contributed by atoms with E-state index in [9.17, 15) is 4.79 Å². The quantitative estimate of drug-likeness (QED) is 0.451. The average molecular weight is 388 g/mol. The number of carbonyl (C=O) groups excluding carboxylic acids is 1. The van der Waals surface area contributed by atoms with Crippen LogP contribution in [-0.2, 0) is 5.75 Å². The molecule has 3 rings (SSSR count). The van der Waals surface area contributed by atoms with Crippen molar-refractivity contribution < 1.29 is 4.79 Å². The van der Waals surface area contributed by atoms with Crippen LogP contribution in [0.1, 0.15) is 15.9 Å². The second-order valence-electron chi connectivity index (χ2n) is 6.11. The third kappa shape index (κ3) is 4.69. The lowest BCUT2D eigenvalue weighted by molar-refractivity contribution is 0.0966. The third-order valence-corrected chi connectivity index (χ3v) is 5.20. The minimum absolute atomic E-state index is 0.239. The van der Waals surface area contributed by atoms with Crippen LogP contribution >= 0.6 is 11.8 Å². The fourth-order valence-corrected chi connectivity index (χ4v) is 3.64. The van der Waals surface area contributed by atoms with Gasteiger partial charge in [0.1, 0.15) is 0 Å². The van der Waals surface area contributed by atoms with Gasteiger partial charge in [-0.2, -0.15) is 0 Å². The Morgan fingerprint density at radius 2 is 1.89 bits per heavy atom. The predicted octanol–water partition coefficient (Wildman–Crippen LogP) is 4.80. The Morgan fingerprint density at radius 1 is 1.14 bits per heavy atom. The number of benzene rings is 2. The molecule has 140 valence electrons. The molecule has 0 saturated heterocycles. The number of pyridine rings is 1. The van der Waals surface area contributed by atoms with E-state index in [1.807, 2.05) is 30.5 Å². The van der Waals surface area contributed by atoms with Gasteiger partial charge in [0.25, 0.3) is 5.91 Å². The molecular formula is C23H21N3OS. The van der Waals surface area contributed by atoms with Gasteiger partial charge in [0.05, 0.1) is 11.2 Å². The number of carbonyl (C=O) groups is 1. The Hall–Kier alpha value is -3.31. The number of para-hydroxylation sites is 1. The first-order chi connectivity index (χ1) is 13.6. The molecular weight excluding hydrogens is 366 g/mol. The highest BCUT2D eigenvalue weighted by molar-refractivity contribution is 7.98. The van der Waals surface area contributed by atoms with Crippen molar-refractivity contribution in [2.45, 2.75) is 10.6 Å². The Labute approximate surface area is 168 Å². The molecule has 2 aromatic carbocycles. The third-order valence-electron chi connectivity index (χ3n) is 4.08. The zero-order chi connectivity index (χ0) is 19.9. The van der Waals surface area contributed by atoms with E-state index in [-0.39, 0.29) is 11.6 Å². The van der Waals surface area contributed by atoms with E-state index in [4.69, 9.17) is 5.73 Å². The Morgan fingerprint density at radius 3 is 2.61 bits per heavy atom. The van der Waals surface area contributed by atoms with Gasteiger partial charge in [-0.15, -0.1) is 11.8 Å². The van der Waals surface area contributed by atoms with Gasteiger partial charge >= 0.3 is 0 Å². The largest absolute Gasteiger partial charge is 0.398 e. The fraction of sp³-hybridized carbons (Fsp3) is 0.0435. The first-order valence-corrected chi connectivity index (χ1v) is 9.71. The number of amides is 1. The molecule has 0 bridgehead atoms. The normalized spacial score (nSPS) is 11.2. The molecule has 28 heavy (non-hydrogen) atoms. The molecule has 3 aromatic rings. The van der Waals surface area contributed by atoms with Gasteiger partial charge in [0, 0.05) is 33.5 Å². The van der Waals surface area contributed by atoms with Crippen LogP contribution in [0.25, 0.3) is 10.9 Å². The SMILES string of the molecule is C=C/C=C(/NC(=O)c1ccc(CSc2cccc3cccnc23)cc1)C(=C)N. The number of hydrogen-bond acceptors (Lipinski definition) is 4. The van der Waals surface area contributed by atoms with Crippen LogP contribution in [0, 0.1) is 0 Å². The topological polar surface area (TPSA) is 68.0 Å². The van der Waals surface area contributed by atoms with Crippen LogP contribution in [0.15, 0.2) is 102 Å². The maximum absolute atomic E-state index is 12.4. The number of thioether (sulfide) groups is 1. The summed E-state index contributed by atoms with van der Waals surface area (Å²) in [6, 6.07) is 17.7. The maximum atomic E-state index is 12.4. The minimum atomic E-state index is -0.239. The lowest BCUT2D eigenvalue weighted by atomic mass is 10.1. The van der Waals surface area contributed by atoms with E-state index >= 15 is 0 Å². The maximum Gasteiger partial charge on any atom is 0.255 e. The highest BCUT2D eigenvalue weighted by Crippen LogP contribution is 2.28. The number of aromatic nitrogens is 1. The average Bonchev–Trinajstić information content (AvgIpc) is 2.72. The number of nitrogens with one attached hydrogen (secondary N) is 1. The van der Waals surface area contributed by atoms with Crippen molar-refractivity contribution in [3.8, 4) is 0 Å². The van der Waals surface area contributed by atoms with Crippen molar-refractivity contribution in [3.63, 3.8) is 0 Å². The zero-order valence-electron chi connectivity index (χ0n) is 15.4. The van der Waals surface area contributed by atoms with Crippen molar-refractivity contribution >= 4 is 28.6 Å². The number of allylic oxidation sites excluding steroid dienone is 2. The minimum Gasteiger partial charge on any atom is -0.398 e. The second-order valence-corrected chi connectivity index (χ2v) is 7.13. The van der Waals surface area contributed by atoms with Gasteiger partial charge in [0.15, 0.2) is 0 Å². The van der Waals surface area contributed by atoms with Crippen LogP contribution in [0.3, 0.4) is 0 Å². The summed E-state index contributed by atoms with van der Waals surface area (Å²) in [5.41, 5.74) is 9.09. The van der Waals surface area contributed by atoms with E-state index in [1.54, 1.807) is 36.0 Å². The molecule has 0 fully saturated rings. The summed E-state index contributed by atoms with van der Waals surface area (Å²) in [5, 5.41) is 3.87. The van der Waals surface area contributed by atoms with Crippen molar-refractivity contribution in [1.29, 1.82) is 0 Å².